The molecule has 2 amide bonds. The molecule has 2 N–H and O–H groups in total. The van der Waals surface area contributed by atoms with Crippen molar-refractivity contribution in [3.05, 3.63) is 88.4 Å². The lowest BCUT2D eigenvalue weighted by Crippen LogP contribution is -2.14. The lowest BCUT2D eigenvalue weighted by Gasteiger charge is -2.11. The average Bonchev–Trinajstić information content (AvgIpc) is 2.81. The minimum Gasteiger partial charge on any atom is -0.492 e. The molecule has 0 atom stereocenters. The van der Waals surface area contributed by atoms with Gasteiger partial charge >= 0.3 is 0 Å². The van der Waals surface area contributed by atoms with Crippen LogP contribution in [0.1, 0.15) is 48.5 Å². The summed E-state index contributed by atoms with van der Waals surface area (Å²) >= 11 is 3.50. The number of hydrogen-bond acceptors (Lipinski definition) is 3. The van der Waals surface area contributed by atoms with Crippen LogP contribution in [0.15, 0.2) is 77.3 Å². The molecule has 0 saturated heterocycles. The molecule has 0 bridgehead atoms. The van der Waals surface area contributed by atoms with Gasteiger partial charge in [0.15, 0.2) is 0 Å². The van der Waals surface area contributed by atoms with E-state index in [-0.39, 0.29) is 11.8 Å². The highest BCUT2D eigenvalue weighted by Crippen LogP contribution is 2.27. The Labute approximate surface area is 203 Å². The Morgan fingerprint density at radius 3 is 2.36 bits per heavy atom. The van der Waals surface area contributed by atoms with Gasteiger partial charge in [-0.05, 0) is 64.3 Å². The number of anilines is 2. The molecule has 3 aromatic rings. The van der Waals surface area contributed by atoms with Gasteiger partial charge in [-0.25, -0.2) is 0 Å². The Hall–Kier alpha value is -3.12. The van der Waals surface area contributed by atoms with Crippen LogP contribution in [0.2, 0.25) is 0 Å². The zero-order valence-corrected chi connectivity index (χ0v) is 20.4. The molecule has 0 radical (unpaired) electrons. The number of amides is 2. The van der Waals surface area contributed by atoms with Gasteiger partial charge in [-0.3, -0.25) is 9.59 Å². The summed E-state index contributed by atoms with van der Waals surface area (Å²) in [6.45, 7) is 2.65. The lowest BCUT2D eigenvalue weighted by atomic mass is 10.1. The van der Waals surface area contributed by atoms with Crippen molar-refractivity contribution >= 4 is 39.1 Å². The van der Waals surface area contributed by atoms with Crippen LogP contribution in [-0.4, -0.2) is 18.4 Å². The topological polar surface area (TPSA) is 67.4 Å². The molecule has 0 aliphatic carbocycles. The highest BCUT2D eigenvalue weighted by atomic mass is 79.9. The average molecular weight is 509 g/mol. The highest BCUT2D eigenvalue weighted by Gasteiger charge is 2.11. The van der Waals surface area contributed by atoms with E-state index in [0.29, 0.717) is 35.7 Å². The molecule has 33 heavy (non-hydrogen) atoms. The number of carbonyl (C=O) groups is 2. The molecule has 3 aromatic carbocycles. The molecular formula is C27H29BrN2O3. The molecule has 0 fully saturated rings. The number of unbranched alkanes of at least 4 members (excludes halogenated alkanes) is 2. The van der Waals surface area contributed by atoms with E-state index in [1.165, 1.54) is 5.56 Å². The van der Waals surface area contributed by atoms with Crippen molar-refractivity contribution in [3.8, 4) is 5.75 Å². The van der Waals surface area contributed by atoms with E-state index in [1.54, 1.807) is 36.4 Å². The summed E-state index contributed by atoms with van der Waals surface area (Å²) in [5.74, 6) is 0.437. The summed E-state index contributed by atoms with van der Waals surface area (Å²) in [5.41, 5.74) is 3.00. The molecule has 3 rings (SSSR count). The second kappa shape index (κ2) is 12.8. The van der Waals surface area contributed by atoms with E-state index in [0.717, 1.165) is 30.2 Å². The Morgan fingerprint density at radius 1 is 0.879 bits per heavy atom. The minimum absolute atomic E-state index is 0.0151. The van der Waals surface area contributed by atoms with E-state index >= 15 is 0 Å². The van der Waals surface area contributed by atoms with Gasteiger partial charge in [0.1, 0.15) is 5.75 Å². The van der Waals surface area contributed by atoms with Gasteiger partial charge in [-0.2, -0.15) is 0 Å². The summed E-state index contributed by atoms with van der Waals surface area (Å²) in [6.07, 6.45) is 4.29. The second-order valence-corrected chi connectivity index (χ2v) is 8.62. The van der Waals surface area contributed by atoms with E-state index in [4.69, 9.17) is 4.74 Å². The molecule has 5 nitrogen and oxygen atoms in total. The molecule has 0 saturated carbocycles. The predicted octanol–water partition coefficient (Wildman–Crippen LogP) is 6.84. The predicted molar refractivity (Wildman–Crippen MR) is 137 cm³/mol. The van der Waals surface area contributed by atoms with Crippen molar-refractivity contribution in [2.24, 2.45) is 0 Å². The smallest absolute Gasteiger partial charge is 0.255 e. The quantitative estimate of drug-likeness (QED) is 0.278. The van der Waals surface area contributed by atoms with Gasteiger partial charge < -0.3 is 15.4 Å². The summed E-state index contributed by atoms with van der Waals surface area (Å²) in [6, 6.07) is 22.6. The van der Waals surface area contributed by atoms with Gasteiger partial charge in [-0.1, -0.05) is 56.2 Å². The summed E-state index contributed by atoms with van der Waals surface area (Å²) in [7, 11) is 0. The second-order valence-electron chi connectivity index (χ2n) is 7.77. The van der Waals surface area contributed by atoms with E-state index in [2.05, 4.69) is 45.6 Å². The third kappa shape index (κ3) is 8.06. The molecule has 0 aliphatic rings. The molecule has 0 aromatic heterocycles. The fraction of sp³-hybridized carbons (Fsp3) is 0.259. The number of rotatable bonds is 11. The van der Waals surface area contributed by atoms with Gasteiger partial charge in [0.2, 0.25) is 5.91 Å². The van der Waals surface area contributed by atoms with Crippen LogP contribution in [0.5, 0.6) is 5.75 Å². The highest BCUT2D eigenvalue weighted by molar-refractivity contribution is 9.10. The molecular weight excluding hydrogens is 480 g/mol. The van der Waals surface area contributed by atoms with Crippen LogP contribution < -0.4 is 15.4 Å². The zero-order valence-electron chi connectivity index (χ0n) is 18.8. The first-order chi connectivity index (χ1) is 16.0. The largest absolute Gasteiger partial charge is 0.492 e. The fourth-order valence-electron chi connectivity index (χ4n) is 3.32. The standard InChI is InChI=1S/C27H29BrN2O3/c1-2-3-5-13-26(31)29-22-11-8-12-23(19-22)30-27(32)21-14-15-25(24(28)18-21)33-17-16-20-9-6-4-7-10-20/h4,6-12,14-15,18-19H,2-3,5,13,16-17H2,1H3,(H,29,31)(H,30,32). The van der Waals surface area contributed by atoms with E-state index in [1.807, 2.05) is 24.3 Å². The van der Waals surface area contributed by atoms with Crippen LogP contribution in [0.3, 0.4) is 0 Å². The maximum Gasteiger partial charge on any atom is 0.255 e. The number of benzene rings is 3. The Morgan fingerprint density at radius 2 is 1.64 bits per heavy atom. The van der Waals surface area contributed by atoms with Crippen molar-refractivity contribution in [3.63, 3.8) is 0 Å². The van der Waals surface area contributed by atoms with Crippen molar-refractivity contribution < 1.29 is 14.3 Å². The van der Waals surface area contributed by atoms with Crippen molar-refractivity contribution in [1.29, 1.82) is 0 Å². The minimum atomic E-state index is -0.238. The molecule has 172 valence electrons. The summed E-state index contributed by atoms with van der Waals surface area (Å²) in [5, 5.41) is 5.77. The van der Waals surface area contributed by atoms with Gasteiger partial charge in [0, 0.05) is 29.8 Å². The Balaban J connectivity index is 1.54. The lowest BCUT2D eigenvalue weighted by molar-refractivity contribution is -0.116. The summed E-state index contributed by atoms with van der Waals surface area (Å²) < 4.78 is 6.58. The SMILES string of the molecule is CCCCCC(=O)Nc1cccc(NC(=O)c2ccc(OCCc3ccccc3)c(Br)c2)c1. The molecule has 6 heteroatoms. The van der Waals surface area contributed by atoms with Gasteiger partial charge in [-0.15, -0.1) is 0 Å². The fourth-order valence-corrected chi connectivity index (χ4v) is 3.81. The Kier molecular flexibility index (Phi) is 9.51. The normalized spacial score (nSPS) is 10.5. The number of nitrogens with one attached hydrogen (secondary N) is 2. The maximum absolute atomic E-state index is 12.7. The zero-order chi connectivity index (χ0) is 23.5. The number of halogens is 1. The van der Waals surface area contributed by atoms with Crippen molar-refractivity contribution in [1.82, 2.24) is 0 Å². The summed E-state index contributed by atoms with van der Waals surface area (Å²) in [4.78, 5) is 24.8. The Bertz CT molecular complexity index is 1070. The van der Waals surface area contributed by atoms with E-state index in [9.17, 15) is 9.59 Å². The van der Waals surface area contributed by atoms with Crippen LogP contribution >= 0.6 is 15.9 Å². The monoisotopic (exact) mass is 508 g/mol. The molecule has 0 unspecified atom stereocenters. The van der Waals surface area contributed by atoms with Crippen LogP contribution in [0, 0.1) is 0 Å². The number of carbonyl (C=O) groups excluding carboxylic acids is 2. The number of hydrogen-bond donors (Lipinski definition) is 2. The third-order valence-corrected chi connectivity index (χ3v) is 5.72. The van der Waals surface area contributed by atoms with E-state index < -0.39 is 0 Å². The van der Waals surface area contributed by atoms with Crippen molar-refractivity contribution in [2.75, 3.05) is 17.2 Å². The molecule has 0 aliphatic heterocycles. The van der Waals surface area contributed by atoms with Gasteiger partial charge in [0.25, 0.3) is 5.91 Å². The maximum atomic E-state index is 12.7. The third-order valence-electron chi connectivity index (χ3n) is 5.10. The van der Waals surface area contributed by atoms with Crippen LogP contribution in [-0.2, 0) is 11.2 Å². The molecule has 0 heterocycles. The first-order valence-electron chi connectivity index (χ1n) is 11.2. The van der Waals surface area contributed by atoms with Crippen molar-refractivity contribution in [2.45, 2.75) is 39.0 Å². The molecule has 0 spiro atoms. The first kappa shape index (κ1) is 24.5. The van der Waals surface area contributed by atoms with Gasteiger partial charge in [0.05, 0.1) is 11.1 Å². The number of ether oxygens (including phenoxy) is 1. The van der Waals surface area contributed by atoms with Crippen LogP contribution in [0.4, 0.5) is 11.4 Å². The van der Waals surface area contributed by atoms with Crippen LogP contribution in [0.25, 0.3) is 0 Å². The first-order valence-corrected chi connectivity index (χ1v) is 12.0.